The summed E-state index contributed by atoms with van der Waals surface area (Å²) in [7, 11) is 0. The van der Waals surface area contributed by atoms with Gasteiger partial charge in [-0.15, -0.1) is 0 Å². The minimum absolute atomic E-state index is 0.0996. The zero-order valence-electron chi connectivity index (χ0n) is 9.79. The summed E-state index contributed by atoms with van der Waals surface area (Å²) in [5.74, 6) is -0.0996. The van der Waals surface area contributed by atoms with Crippen LogP contribution in [0, 0.1) is 0 Å². The molecule has 0 unspecified atom stereocenters. The first kappa shape index (κ1) is 13.5. The van der Waals surface area contributed by atoms with E-state index in [0.29, 0.717) is 25.3 Å². The Bertz CT molecular complexity index is 458. The molecule has 1 rings (SSSR count). The lowest BCUT2D eigenvalue weighted by molar-refractivity contribution is -0.118. The van der Waals surface area contributed by atoms with E-state index in [4.69, 9.17) is 11.6 Å². The van der Waals surface area contributed by atoms with Gasteiger partial charge in [0, 0.05) is 26.6 Å². The molecule has 0 saturated carbocycles. The highest BCUT2D eigenvalue weighted by atomic mass is 35.5. The predicted octanol–water partition coefficient (Wildman–Crippen LogP) is 0.465. The zero-order valence-corrected chi connectivity index (χ0v) is 10.5. The number of amides is 1. The van der Waals surface area contributed by atoms with Crippen molar-refractivity contribution in [2.24, 2.45) is 0 Å². The number of anilines is 1. The molecule has 0 saturated heterocycles. The molecule has 0 aliphatic heterocycles. The maximum Gasteiger partial charge on any atom is 0.287 e. The minimum Gasteiger partial charge on any atom is -0.381 e. The Hall–Kier alpha value is -1.56. The SMILES string of the molecule is CCn1ncc(NCCNC(C)=O)c(Cl)c1=O. The van der Waals surface area contributed by atoms with Gasteiger partial charge in [-0.2, -0.15) is 5.10 Å². The molecule has 0 atom stereocenters. The minimum atomic E-state index is -0.321. The van der Waals surface area contributed by atoms with Crippen molar-refractivity contribution in [3.05, 3.63) is 21.6 Å². The van der Waals surface area contributed by atoms with Crippen LogP contribution < -0.4 is 16.2 Å². The van der Waals surface area contributed by atoms with Gasteiger partial charge >= 0.3 is 0 Å². The second kappa shape index (κ2) is 6.24. The molecule has 0 radical (unpaired) electrons. The topological polar surface area (TPSA) is 76.0 Å². The second-order valence-electron chi connectivity index (χ2n) is 3.40. The lowest BCUT2D eigenvalue weighted by Crippen LogP contribution is -2.28. The van der Waals surface area contributed by atoms with E-state index in [-0.39, 0.29) is 16.5 Å². The highest BCUT2D eigenvalue weighted by molar-refractivity contribution is 6.32. The number of carbonyl (C=O) groups excluding carboxylic acids is 1. The molecule has 0 aromatic carbocycles. The molecule has 0 fully saturated rings. The Morgan fingerprint density at radius 2 is 2.24 bits per heavy atom. The van der Waals surface area contributed by atoms with Crippen molar-refractivity contribution in [1.82, 2.24) is 15.1 Å². The summed E-state index contributed by atoms with van der Waals surface area (Å²) < 4.78 is 1.28. The Kier molecular flexibility index (Phi) is 4.96. The van der Waals surface area contributed by atoms with Gasteiger partial charge in [-0.05, 0) is 6.92 Å². The van der Waals surface area contributed by atoms with E-state index in [0.717, 1.165) is 0 Å². The van der Waals surface area contributed by atoms with Crippen LogP contribution in [0.1, 0.15) is 13.8 Å². The van der Waals surface area contributed by atoms with Crippen LogP contribution in [0.25, 0.3) is 0 Å². The highest BCUT2D eigenvalue weighted by Crippen LogP contribution is 2.14. The quantitative estimate of drug-likeness (QED) is 0.753. The summed E-state index contributed by atoms with van der Waals surface area (Å²) in [5.41, 5.74) is 0.158. The fourth-order valence-electron chi connectivity index (χ4n) is 1.25. The Morgan fingerprint density at radius 1 is 1.53 bits per heavy atom. The first-order valence-electron chi connectivity index (χ1n) is 5.30. The molecule has 0 aliphatic rings. The molecule has 1 aromatic heterocycles. The molecule has 6 nitrogen and oxygen atoms in total. The van der Waals surface area contributed by atoms with Gasteiger partial charge in [0.15, 0.2) is 0 Å². The lowest BCUT2D eigenvalue weighted by atomic mass is 10.4. The maximum atomic E-state index is 11.6. The molecule has 94 valence electrons. The summed E-state index contributed by atoms with van der Waals surface area (Å²) in [5, 5.41) is 9.62. The molecule has 1 amide bonds. The summed E-state index contributed by atoms with van der Waals surface area (Å²) in [6, 6.07) is 0. The van der Waals surface area contributed by atoms with Gasteiger partial charge in [-0.1, -0.05) is 11.6 Å². The summed E-state index contributed by atoms with van der Waals surface area (Å²) in [6.45, 7) is 4.68. The van der Waals surface area contributed by atoms with Crippen LogP contribution in [0.5, 0.6) is 0 Å². The van der Waals surface area contributed by atoms with Crippen LogP contribution in [-0.4, -0.2) is 28.8 Å². The Labute approximate surface area is 104 Å². The molecule has 2 N–H and O–H groups in total. The first-order chi connectivity index (χ1) is 8.06. The van der Waals surface area contributed by atoms with Gasteiger partial charge in [0.05, 0.1) is 11.9 Å². The summed E-state index contributed by atoms with van der Waals surface area (Å²) in [4.78, 5) is 22.2. The number of hydrogen-bond acceptors (Lipinski definition) is 4. The van der Waals surface area contributed by atoms with Crippen molar-refractivity contribution < 1.29 is 4.79 Å². The van der Waals surface area contributed by atoms with Crippen LogP contribution in [0.4, 0.5) is 5.69 Å². The van der Waals surface area contributed by atoms with Crippen molar-refractivity contribution in [1.29, 1.82) is 0 Å². The van der Waals surface area contributed by atoms with Crippen molar-refractivity contribution in [3.8, 4) is 0 Å². The van der Waals surface area contributed by atoms with Crippen LogP contribution in [-0.2, 0) is 11.3 Å². The average molecular weight is 259 g/mol. The second-order valence-corrected chi connectivity index (χ2v) is 3.78. The first-order valence-corrected chi connectivity index (χ1v) is 5.68. The van der Waals surface area contributed by atoms with Crippen LogP contribution >= 0.6 is 11.6 Å². The van der Waals surface area contributed by atoms with E-state index in [1.807, 2.05) is 6.92 Å². The summed E-state index contributed by atoms with van der Waals surface area (Å²) >= 11 is 5.90. The Morgan fingerprint density at radius 3 is 2.82 bits per heavy atom. The smallest absolute Gasteiger partial charge is 0.287 e. The van der Waals surface area contributed by atoms with Crippen LogP contribution in [0.3, 0.4) is 0 Å². The number of carbonyl (C=O) groups is 1. The normalized spacial score (nSPS) is 10.1. The van der Waals surface area contributed by atoms with Gasteiger partial charge in [-0.25, -0.2) is 4.68 Å². The highest BCUT2D eigenvalue weighted by Gasteiger charge is 2.07. The average Bonchev–Trinajstić information content (AvgIpc) is 2.29. The van der Waals surface area contributed by atoms with Gasteiger partial charge < -0.3 is 10.6 Å². The van der Waals surface area contributed by atoms with E-state index in [1.165, 1.54) is 17.8 Å². The largest absolute Gasteiger partial charge is 0.381 e. The van der Waals surface area contributed by atoms with Gasteiger partial charge in [-0.3, -0.25) is 9.59 Å². The third-order valence-corrected chi connectivity index (χ3v) is 2.46. The number of aryl methyl sites for hydroxylation is 1. The lowest BCUT2D eigenvalue weighted by Gasteiger charge is -2.09. The van der Waals surface area contributed by atoms with E-state index >= 15 is 0 Å². The molecule has 0 bridgehead atoms. The number of aromatic nitrogens is 2. The molecule has 1 aromatic rings. The molecule has 7 heteroatoms. The van der Waals surface area contributed by atoms with E-state index in [9.17, 15) is 9.59 Å². The monoisotopic (exact) mass is 258 g/mol. The van der Waals surface area contributed by atoms with E-state index < -0.39 is 0 Å². The molecule has 0 spiro atoms. The third-order valence-electron chi connectivity index (χ3n) is 2.10. The van der Waals surface area contributed by atoms with E-state index in [1.54, 1.807) is 0 Å². The molecular formula is C10H15ClN4O2. The predicted molar refractivity (Wildman–Crippen MR) is 66.4 cm³/mol. The molecule has 1 heterocycles. The van der Waals surface area contributed by atoms with Gasteiger partial charge in [0.1, 0.15) is 5.02 Å². The Balaban J connectivity index is 2.63. The fraction of sp³-hybridized carbons (Fsp3) is 0.500. The molecule has 0 aliphatic carbocycles. The van der Waals surface area contributed by atoms with Gasteiger partial charge in [0.25, 0.3) is 5.56 Å². The zero-order chi connectivity index (χ0) is 12.8. The summed E-state index contributed by atoms with van der Waals surface area (Å²) in [6.07, 6.45) is 1.50. The third kappa shape index (κ3) is 3.74. The van der Waals surface area contributed by atoms with Crippen LogP contribution in [0.15, 0.2) is 11.0 Å². The van der Waals surface area contributed by atoms with Crippen molar-refractivity contribution in [2.45, 2.75) is 20.4 Å². The standard InChI is InChI=1S/C10H15ClN4O2/c1-3-15-10(17)9(11)8(6-14-15)13-5-4-12-7(2)16/h6,13H,3-5H2,1-2H3,(H,12,16). The van der Waals surface area contributed by atoms with Crippen LogP contribution in [0.2, 0.25) is 5.02 Å². The maximum absolute atomic E-state index is 11.6. The number of rotatable bonds is 5. The van der Waals surface area contributed by atoms with Crippen molar-refractivity contribution in [3.63, 3.8) is 0 Å². The van der Waals surface area contributed by atoms with Gasteiger partial charge in [0.2, 0.25) is 5.91 Å². The number of nitrogens with zero attached hydrogens (tertiary/aromatic N) is 2. The number of hydrogen-bond donors (Lipinski definition) is 2. The fourth-order valence-corrected chi connectivity index (χ4v) is 1.46. The van der Waals surface area contributed by atoms with Crippen molar-refractivity contribution >= 4 is 23.2 Å². The van der Waals surface area contributed by atoms with E-state index in [2.05, 4.69) is 15.7 Å². The van der Waals surface area contributed by atoms with Crippen molar-refractivity contribution in [2.75, 3.05) is 18.4 Å². The number of halogens is 1. The molecular weight excluding hydrogens is 244 g/mol. The molecule has 17 heavy (non-hydrogen) atoms. The number of nitrogens with one attached hydrogen (secondary N) is 2.